The van der Waals surface area contributed by atoms with Crippen molar-refractivity contribution in [1.82, 2.24) is 5.32 Å². The molecule has 4 nitrogen and oxygen atoms in total. The standard InChI is InChI=1S/C16H30BrNO3/c1-3-5-6-7-8-9-10-11-12-13-14(19)18-15(17)16(20)21-4-2/h15H,3-13H2,1-2H3,(H,18,19). The van der Waals surface area contributed by atoms with Crippen LogP contribution in [0.5, 0.6) is 0 Å². The molecule has 0 aliphatic heterocycles. The number of amides is 1. The van der Waals surface area contributed by atoms with Gasteiger partial charge in [-0.1, -0.05) is 74.2 Å². The molecule has 5 heteroatoms. The summed E-state index contributed by atoms with van der Waals surface area (Å²) in [4.78, 5) is 22.2. The summed E-state index contributed by atoms with van der Waals surface area (Å²) in [6, 6.07) is 0. The summed E-state index contributed by atoms with van der Waals surface area (Å²) in [6.07, 6.45) is 11.5. The number of hydrogen-bond donors (Lipinski definition) is 1. The van der Waals surface area contributed by atoms with Gasteiger partial charge in [0, 0.05) is 6.42 Å². The first-order valence-electron chi connectivity index (χ1n) is 8.21. The Balaban J connectivity index is 3.43. The van der Waals surface area contributed by atoms with Gasteiger partial charge in [-0.05, 0) is 13.3 Å². The summed E-state index contributed by atoms with van der Waals surface area (Å²) < 4.78 is 4.80. The molecule has 1 amide bonds. The summed E-state index contributed by atoms with van der Waals surface area (Å²) in [7, 11) is 0. The molecule has 1 N–H and O–H groups in total. The smallest absolute Gasteiger partial charge is 0.339 e. The van der Waals surface area contributed by atoms with E-state index in [1.165, 1.54) is 44.9 Å². The van der Waals surface area contributed by atoms with Gasteiger partial charge >= 0.3 is 5.97 Å². The topological polar surface area (TPSA) is 55.4 Å². The van der Waals surface area contributed by atoms with Gasteiger partial charge in [0.1, 0.15) is 0 Å². The van der Waals surface area contributed by atoms with Gasteiger partial charge in [-0.15, -0.1) is 0 Å². The monoisotopic (exact) mass is 363 g/mol. The lowest BCUT2D eigenvalue weighted by atomic mass is 10.1. The first kappa shape index (κ1) is 20.4. The average molecular weight is 364 g/mol. The van der Waals surface area contributed by atoms with Gasteiger partial charge < -0.3 is 10.1 Å². The highest BCUT2D eigenvalue weighted by Crippen LogP contribution is 2.10. The Labute approximate surface area is 137 Å². The molecule has 21 heavy (non-hydrogen) atoms. The molecule has 0 fully saturated rings. The fourth-order valence-electron chi connectivity index (χ4n) is 2.08. The van der Waals surface area contributed by atoms with E-state index in [-0.39, 0.29) is 5.91 Å². The number of halogens is 1. The average Bonchev–Trinajstić information content (AvgIpc) is 2.45. The fraction of sp³-hybridized carbons (Fsp3) is 0.875. The lowest BCUT2D eigenvalue weighted by Gasteiger charge is -2.11. The molecule has 124 valence electrons. The number of unbranched alkanes of at least 4 members (excludes halogenated alkanes) is 8. The summed E-state index contributed by atoms with van der Waals surface area (Å²) in [5, 5.41) is 2.59. The zero-order chi connectivity index (χ0) is 15.9. The molecule has 0 aromatic rings. The van der Waals surface area contributed by atoms with E-state index in [0.717, 1.165) is 12.8 Å². The second-order valence-electron chi connectivity index (χ2n) is 5.26. The minimum atomic E-state index is -0.733. The normalized spacial score (nSPS) is 12.0. The van der Waals surface area contributed by atoms with E-state index in [0.29, 0.717) is 13.0 Å². The molecule has 0 aliphatic rings. The van der Waals surface area contributed by atoms with E-state index in [1.807, 2.05) is 0 Å². The number of ether oxygens (including phenoxy) is 1. The van der Waals surface area contributed by atoms with Crippen molar-refractivity contribution in [2.24, 2.45) is 0 Å². The molecule has 0 bridgehead atoms. The van der Waals surface area contributed by atoms with Crippen molar-refractivity contribution in [2.45, 2.75) is 83.0 Å². The quantitative estimate of drug-likeness (QED) is 0.229. The largest absolute Gasteiger partial charge is 0.464 e. The molecule has 1 atom stereocenters. The summed E-state index contributed by atoms with van der Waals surface area (Å²) >= 11 is 3.10. The number of rotatable bonds is 13. The predicted molar refractivity (Wildman–Crippen MR) is 89.3 cm³/mol. The Morgan fingerprint density at radius 3 is 2.00 bits per heavy atom. The van der Waals surface area contributed by atoms with Crippen LogP contribution < -0.4 is 5.32 Å². The molecule has 0 aliphatic carbocycles. The molecule has 0 aromatic heterocycles. The van der Waals surface area contributed by atoms with Crippen LogP contribution in [0.25, 0.3) is 0 Å². The number of alkyl halides is 1. The zero-order valence-electron chi connectivity index (χ0n) is 13.5. The van der Waals surface area contributed by atoms with E-state index < -0.39 is 10.9 Å². The van der Waals surface area contributed by atoms with Gasteiger partial charge in [0.05, 0.1) is 6.61 Å². The summed E-state index contributed by atoms with van der Waals surface area (Å²) in [5.41, 5.74) is 0. The van der Waals surface area contributed by atoms with Crippen LogP contribution in [-0.2, 0) is 14.3 Å². The van der Waals surface area contributed by atoms with Crippen molar-refractivity contribution in [2.75, 3.05) is 6.61 Å². The Kier molecular flexibility index (Phi) is 14.0. The minimum Gasteiger partial charge on any atom is -0.464 e. The maximum absolute atomic E-state index is 11.6. The van der Waals surface area contributed by atoms with Crippen LogP contribution in [0.15, 0.2) is 0 Å². The van der Waals surface area contributed by atoms with Crippen molar-refractivity contribution in [3.63, 3.8) is 0 Å². The van der Waals surface area contributed by atoms with Crippen molar-refractivity contribution in [1.29, 1.82) is 0 Å². The zero-order valence-corrected chi connectivity index (χ0v) is 15.0. The van der Waals surface area contributed by atoms with Crippen LogP contribution in [-0.4, -0.2) is 23.4 Å². The Morgan fingerprint density at radius 1 is 0.952 bits per heavy atom. The molecule has 0 saturated heterocycles. The SMILES string of the molecule is CCCCCCCCCCCC(=O)NC(Br)C(=O)OCC. The third kappa shape index (κ3) is 12.8. The van der Waals surface area contributed by atoms with E-state index in [2.05, 4.69) is 28.2 Å². The number of hydrogen-bond acceptors (Lipinski definition) is 3. The molecule has 0 radical (unpaired) electrons. The maximum Gasteiger partial charge on any atom is 0.339 e. The van der Waals surface area contributed by atoms with Gasteiger partial charge in [0.25, 0.3) is 0 Å². The lowest BCUT2D eigenvalue weighted by Crippen LogP contribution is -2.37. The first-order valence-corrected chi connectivity index (χ1v) is 9.13. The Morgan fingerprint density at radius 2 is 1.48 bits per heavy atom. The summed E-state index contributed by atoms with van der Waals surface area (Å²) in [6.45, 7) is 4.28. The number of nitrogens with one attached hydrogen (secondary N) is 1. The van der Waals surface area contributed by atoms with E-state index in [1.54, 1.807) is 6.92 Å². The number of carbonyl (C=O) groups excluding carboxylic acids is 2. The van der Waals surface area contributed by atoms with Crippen molar-refractivity contribution < 1.29 is 14.3 Å². The molecule has 1 unspecified atom stereocenters. The Bertz CT molecular complexity index is 285. The van der Waals surface area contributed by atoms with Crippen LogP contribution in [0.4, 0.5) is 0 Å². The molecule has 0 heterocycles. The van der Waals surface area contributed by atoms with Gasteiger partial charge in [0.2, 0.25) is 5.91 Å². The molecule has 0 saturated carbocycles. The van der Waals surface area contributed by atoms with E-state index >= 15 is 0 Å². The highest BCUT2D eigenvalue weighted by Gasteiger charge is 2.17. The van der Waals surface area contributed by atoms with E-state index in [4.69, 9.17) is 4.74 Å². The predicted octanol–water partition coefficient (Wildman–Crippen LogP) is 4.31. The summed E-state index contributed by atoms with van der Waals surface area (Å²) in [5.74, 6) is -0.550. The highest BCUT2D eigenvalue weighted by atomic mass is 79.9. The molecule has 0 rings (SSSR count). The van der Waals surface area contributed by atoms with Gasteiger partial charge in [0.15, 0.2) is 4.95 Å². The lowest BCUT2D eigenvalue weighted by molar-refractivity contribution is -0.144. The van der Waals surface area contributed by atoms with Crippen LogP contribution in [0.3, 0.4) is 0 Å². The van der Waals surface area contributed by atoms with Crippen molar-refractivity contribution in [3.05, 3.63) is 0 Å². The van der Waals surface area contributed by atoms with Gasteiger partial charge in [-0.3, -0.25) is 4.79 Å². The molecule has 0 aromatic carbocycles. The highest BCUT2D eigenvalue weighted by molar-refractivity contribution is 9.10. The van der Waals surface area contributed by atoms with Crippen LogP contribution in [0, 0.1) is 0 Å². The van der Waals surface area contributed by atoms with Crippen LogP contribution >= 0.6 is 15.9 Å². The number of carbonyl (C=O) groups is 2. The second-order valence-corrected chi connectivity index (χ2v) is 6.18. The van der Waals surface area contributed by atoms with Gasteiger partial charge in [-0.25, -0.2) is 4.79 Å². The third-order valence-electron chi connectivity index (χ3n) is 3.29. The molecular weight excluding hydrogens is 334 g/mol. The van der Waals surface area contributed by atoms with Gasteiger partial charge in [-0.2, -0.15) is 0 Å². The first-order chi connectivity index (χ1) is 10.1. The fourth-order valence-corrected chi connectivity index (χ4v) is 2.47. The number of esters is 1. The Hall–Kier alpha value is -0.580. The molecular formula is C16H30BrNO3. The second kappa shape index (κ2) is 14.4. The minimum absolute atomic E-state index is 0.104. The van der Waals surface area contributed by atoms with Crippen molar-refractivity contribution >= 4 is 27.8 Å². The molecule has 0 spiro atoms. The van der Waals surface area contributed by atoms with Crippen LogP contribution in [0.2, 0.25) is 0 Å². The van der Waals surface area contributed by atoms with Crippen molar-refractivity contribution in [3.8, 4) is 0 Å². The third-order valence-corrected chi connectivity index (χ3v) is 3.89. The van der Waals surface area contributed by atoms with E-state index in [9.17, 15) is 9.59 Å². The maximum atomic E-state index is 11.6. The van der Waals surface area contributed by atoms with Crippen LogP contribution in [0.1, 0.15) is 78.1 Å².